The quantitative estimate of drug-likeness (QED) is 0.480. The first-order chi connectivity index (χ1) is 15.0. The van der Waals surface area contributed by atoms with Gasteiger partial charge in [0.25, 0.3) is 5.91 Å². The van der Waals surface area contributed by atoms with E-state index < -0.39 is 0 Å². The van der Waals surface area contributed by atoms with E-state index in [0.717, 1.165) is 5.75 Å². The molecule has 0 aliphatic heterocycles. The fourth-order valence-electron chi connectivity index (χ4n) is 2.70. The average molecular weight is 418 g/mol. The Hall–Kier alpha value is -3.80. The molecule has 31 heavy (non-hydrogen) atoms. The average Bonchev–Trinajstić information content (AvgIpc) is 2.78. The van der Waals surface area contributed by atoms with E-state index in [2.05, 4.69) is 10.6 Å². The second kappa shape index (κ2) is 10.8. The molecular formula is C25H26N2O4. The first kappa shape index (κ1) is 21.9. The zero-order valence-corrected chi connectivity index (χ0v) is 17.6. The molecule has 3 rings (SSSR count). The largest absolute Gasteiger partial charge is 0.490 e. The van der Waals surface area contributed by atoms with E-state index in [4.69, 9.17) is 9.47 Å². The van der Waals surface area contributed by atoms with E-state index in [-0.39, 0.29) is 17.7 Å². The van der Waals surface area contributed by atoms with Crippen LogP contribution in [0.5, 0.6) is 11.5 Å². The summed E-state index contributed by atoms with van der Waals surface area (Å²) < 4.78 is 11.2. The lowest BCUT2D eigenvalue weighted by molar-refractivity contribution is -0.118. The predicted molar refractivity (Wildman–Crippen MR) is 122 cm³/mol. The first-order valence-electron chi connectivity index (χ1n) is 10.1. The van der Waals surface area contributed by atoms with Gasteiger partial charge in [-0.3, -0.25) is 9.59 Å². The van der Waals surface area contributed by atoms with E-state index in [1.165, 1.54) is 0 Å². The first-order valence-corrected chi connectivity index (χ1v) is 10.1. The lowest BCUT2D eigenvalue weighted by Gasteiger charge is -2.11. The van der Waals surface area contributed by atoms with E-state index in [9.17, 15) is 9.59 Å². The van der Waals surface area contributed by atoms with Gasteiger partial charge in [0.05, 0.1) is 0 Å². The van der Waals surface area contributed by atoms with Crippen LogP contribution in [-0.4, -0.2) is 25.0 Å². The van der Waals surface area contributed by atoms with Gasteiger partial charge in [0, 0.05) is 22.9 Å². The van der Waals surface area contributed by atoms with Crippen molar-refractivity contribution in [2.24, 2.45) is 5.92 Å². The van der Waals surface area contributed by atoms with Crippen molar-refractivity contribution in [3.05, 3.63) is 84.4 Å². The summed E-state index contributed by atoms with van der Waals surface area (Å²) in [4.78, 5) is 24.4. The summed E-state index contributed by atoms with van der Waals surface area (Å²) in [5, 5.41) is 5.66. The Morgan fingerprint density at radius 3 is 1.94 bits per heavy atom. The van der Waals surface area contributed by atoms with Crippen molar-refractivity contribution >= 4 is 23.2 Å². The highest BCUT2D eigenvalue weighted by Gasteiger charge is 2.09. The van der Waals surface area contributed by atoms with Crippen LogP contribution >= 0.6 is 0 Å². The zero-order valence-electron chi connectivity index (χ0n) is 17.6. The fraction of sp³-hybridized carbons (Fsp3) is 0.200. The third-order valence-corrected chi connectivity index (χ3v) is 4.39. The molecule has 0 saturated carbocycles. The molecule has 3 aromatic rings. The Kier molecular flexibility index (Phi) is 7.65. The highest BCUT2D eigenvalue weighted by Crippen LogP contribution is 2.18. The van der Waals surface area contributed by atoms with Gasteiger partial charge in [-0.05, 0) is 54.6 Å². The van der Waals surface area contributed by atoms with E-state index in [0.29, 0.717) is 35.9 Å². The SMILES string of the molecule is CC(C)C(=O)Nc1cccc(NC(=O)c2ccc(OCCOc3ccccc3)cc2)c1. The van der Waals surface area contributed by atoms with Crippen molar-refractivity contribution in [1.29, 1.82) is 0 Å². The molecule has 0 unspecified atom stereocenters. The summed E-state index contributed by atoms with van der Waals surface area (Å²) in [7, 11) is 0. The van der Waals surface area contributed by atoms with Gasteiger partial charge in [-0.1, -0.05) is 38.1 Å². The van der Waals surface area contributed by atoms with Crippen LogP contribution in [0.1, 0.15) is 24.2 Å². The monoisotopic (exact) mass is 418 g/mol. The maximum atomic E-state index is 12.5. The van der Waals surface area contributed by atoms with Gasteiger partial charge in [0.2, 0.25) is 5.91 Å². The van der Waals surface area contributed by atoms with E-state index in [1.54, 1.807) is 48.5 Å². The Morgan fingerprint density at radius 2 is 1.32 bits per heavy atom. The summed E-state index contributed by atoms with van der Waals surface area (Å²) in [6.07, 6.45) is 0. The summed E-state index contributed by atoms with van der Waals surface area (Å²) in [6.45, 7) is 4.47. The number of nitrogens with one attached hydrogen (secondary N) is 2. The minimum Gasteiger partial charge on any atom is -0.490 e. The molecule has 0 bridgehead atoms. The van der Waals surface area contributed by atoms with Crippen molar-refractivity contribution in [3.63, 3.8) is 0 Å². The molecule has 0 fully saturated rings. The maximum absolute atomic E-state index is 12.5. The second-order valence-corrected chi connectivity index (χ2v) is 7.21. The smallest absolute Gasteiger partial charge is 0.255 e. The van der Waals surface area contributed by atoms with Crippen LogP contribution in [0.4, 0.5) is 11.4 Å². The highest BCUT2D eigenvalue weighted by molar-refractivity contribution is 6.04. The van der Waals surface area contributed by atoms with Crippen LogP contribution in [-0.2, 0) is 4.79 Å². The molecule has 0 radical (unpaired) electrons. The van der Waals surface area contributed by atoms with Gasteiger partial charge in [-0.25, -0.2) is 0 Å². The maximum Gasteiger partial charge on any atom is 0.255 e. The molecule has 0 aliphatic carbocycles. The van der Waals surface area contributed by atoms with Crippen molar-refractivity contribution in [3.8, 4) is 11.5 Å². The van der Waals surface area contributed by atoms with Crippen LogP contribution < -0.4 is 20.1 Å². The lowest BCUT2D eigenvalue weighted by atomic mass is 10.2. The van der Waals surface area contributed by atoms with Gasteiger partial charge < -0.3 is 20.1 Å². The van der Waals surface area contributed by atoms with Gasteiger partial charge in [0.1, 0.15) is 24.7 Å². The molecule has 6 heteroatoms. The van der Waals surface area contributed by atoms with Gasteiger partial charge in [0.15, 0.2) is 0 Å². The Morgan fingerprint density at radius 1 is 0.742 bits per heavy atom. The molecule has 0 spiro atoms. The summed E-state index contributed by atoms with van der Waals surface area (Å²) >= 11 is 0. The number of hydrogen-bond donors (Lipinski definition) is 2. The summed E-state index contributed by atoms with van der Waals surface area (Å²) in [5.41, 5.74) is 1.74. The predicted octanol–water partition coefficient (Wildman–Crippen LogP) is 4.99. The molecule has 0 saturated heterocycles. The summed E-state index contributed by atoms with van der Waals surface area (Å²) in [6, 6.07) is 23.5. The van der Waals surface area contributed by atoms with Gasteiger partial charge in [-0.2, -0.15) is 0 Å². The Balaban J connectivity index is 1.49. The third-order valence-electron chi connectivity index (χ3n) is 4.39. The van der Waals surface area contributed by atoms with Crippen molar-refractivity contribution in [2.45, 2.75) is 13.8 Å². The number of ether oxygens (including phenoxy) is 2. The normalized spacial score (nSPS) is 10.4. The molecule has 0 aromatic heterocycles. The minimum atomic E-state index is -0.244. The third kappa shape index (κ3) is 6.89. The fourth-order valence-corrected chi connectivity index (χ4v) is 2.70. The number of carbonyl (C=O) groups is 2. The Labute approximate surface area is 182 Å². The molecule has 0 atom stereocenters. The number of para-hydroxylation sites is 1. The van der Waals surface area contributed by atoms with Crippen molar-refractivity contribution in [1.82, 2.24) is 0 Å². The van der Waals surface area contributed by atoms with Crippen molar-refractivity contribution < 1.29 is 19.1 Å². The molecule has 160 valence electrons. The second-order valence-electron chi connectivity index (χ2n) is 7.21. The van der Waals surface area contributed by atoms with Crippen LogP contribution in [0.3, 0.4) is 0 Å². The van der Waals surface area contributed by atoms with Crippen LogP contribution in [0.15, 0.2) is 78.9 Å². The van der Waals surface area contributed by atoms with Crippen LogP contribution in [0.2, 0.25) is 0 Å². The molecule has 0 aliphatic rings. The van der Waals surface area contributed by atoms with Crippen LogP contribution in [0.25, 0.3) is 0 Å². The minimum absolute atomic E-state index is 0.0757. The number of hydrogen-bond acceptors (Lipinski definition) is 4. The van der Waals surface area contributed by atoms with Gasteiger partial charge >= 0.3 is 0 Å². The molecule has 2 amide bonds. The Bertz CT molecular complexity index is 1000. The van der Waals surface area contributed by atoms with E-state index >= 15 is 0 Å². The van der Waals surface area contributed by atoms with Crippen molar-refractivity contribution in [2.75, 3.05) is 23.8 Å². The van der Waals surface area contributed by atoms with Gasteiger partial charge in [-0.15, -0.1) is 0 Å². The summed E-state index contributed by atoms with van der Waals surface area (Å²) in [5.74, 6) is 1.01. The van der Waals surface area contributed by atoms with E-state index in [1.807, 2.05) is 44.2 Å². The molecule has 3 aromatic carbocycles. The molecular weight excluding hydrogens is 392 g/mol. The standard InChI is InChI=1S/C25H26N2O4/c1-18(2)24(28)26-20-7-6-8-21(17-20)27-25(29)19-11-13-23(14-12-19)31-16-15-30-22-9-4-3-5-10-22/h3-14,17-18H,15-16H2,1-2H3,(H,26,28)(H,27,29). The number of amides is 2. The molecule has 0 heterocycles. The highest BCUT2D eigenvalue weighted by atomic mass is 16.5. The number of carbonyl (C=O) groups excluding carboxylic acids is 2. The zero-order chi connectivity index (χ0) is 22.1. The lowest BCUT2D eigenvalue weighted by Crippen LogP contribution is -2.18. The molecule has 6 nitrogen and oxygen atoms in total. The topological polar surface area (TPSA) is 76.7 Å². The number of anilines is 2. The number of benzene rings is 3. The number of rotatable bonds is 9. The van der Waals surface area contributed by atoms with Crippen LogP contribution in [0, 0.1) is 5.92 Å². The molecule has 2 N–H and O–H groups in total.